The molecule has 0 aromatic rings. The number of allylic oxidation sites excluding steroid dienone is 22. The Balaban J connectivity index is 5.39. The van der Waals surface area contributed by atoms with E-state index >= 15 is 0 Å². The fourth-order valence-electron chi connectivity index (χ4n) is 10.8. The lowest BCUT2D eigenvalue weighted by atomic mass is 10.1. The first-order valence-electron chi connectivity index (χ1n) is 41.4. The van der Waals surface area contributed by atoms with Crippen LogP contribution in [-0.4, -0.2) is 96.7 Å². The van der Waals surface area contributed by atoms with E-state index in [0.717, 1.165) is 193 Å². The van der Waals surface area contributed by atoms with Gasteiger partial charge >= 0.3 is 39.5 Å². The van der Waals surface area contributed by atoms with Gasteiger partial charge in [0.1, 0.15) is 19.3 Å². The van der Waals surface area contributed by atoms with Crippen LogP contribution in [0.3, 0.4) is 0 Å². The highest BCUT2D eigenvalue weighted by molar-refractivity contribution is 7.47. The van der Waals surface area contributed by atoms with E-state index in [4.69, 9.17) is 37.0 Å². The Kier molecular flexibility index (Phi) is 74.8. The van der Waals surface area contributed by atoms with Gasteiger partial charge < -0.3 is 33.8 Å². The smallest absolute Gasteiger partial charge is 0.462 e. The van der Waals surface area contributed by atoms with E-state index in [-0.39, 0.29) is 25.7 Å². The van der Waals surface area contributed by atoms with Crippen molar-refractivity contribution in [3.63, 3.8) is 0 Å². The van der Waals surface area contributed by atoms with Gasteiger partial charge in [0.15, 0.2) is 12.2 Å². The SMILES string of the molecule is CC/C=C\C/C=C\C/C=C\C/C=C\C/C=C\CCCCCC(=O)OCC(COP(=O)(O)OCC(O)COP(=O)(O)OCC(COC(=O)CCCCCCCC/C=C\C/C=C\C/C=C\C/C=C\CC)OC(=O)CCCCCCC/C=C\CCCCCCCC)OC(=O)CCCCCCC/C=C\CCCCCC. The maximum Gasteiger partial charge on any atom is 0.472 e. The van der Waals surface area contributed by atoms with Crippen molar-refractivity contribution in [1.29, 1.82) is 0 Å². The molecule has 0 aromatic carbocycles. The zero-order chi connectivity index (χ0) is 77.4. The summed E-state index contributed by atoms with van der Waals surface area (Å²) in [6.07, 6.45) is 88.5. The fourth-order valence-corrected chi connectivity index (χ4v) is 12.4. The molecule has 0 rings (SSSR count). The summed E-state index contributed by atoms with van der Waals surface area (Å²) in [4.78, 5) is 73.1. The molecule has 0 bridgehead atoms. The molecule has 5 unspecified atom stereocenters. The Morgan fingerprint density at radius 2 is 0.491 bits per heavy atom. The highest BCUT2D eigenvalue weighted by atomic mass is 31.2. The third kappa shape index (κ3) is 77.4. The predicted molar refractivity (Wildman–Crippen MR) is 436 cm³/mol. The van der Waals surface area contributed by atoms with Gasteiger partial charge in [-0.25, -0.2) is 9.13 Å². The van der Waals surface area contributed by atoms with Crippen molar-refractivity contribution in [2.45, 2.75) is 354 Å². The van der Waals surface area contributed by atoms with Crippen molar-refractivity contribution in [2.75, 3.05) is 39.6 Å². The maximum absolute atomic E-state index is 13.1. The molecule has 0 aromatic heterocycles. The number of aliphatic hydroxyl groups excluding tert-OH is 1. The third-order valence-corrected chi connectivity index (χ3v) is 19.0. The van der Waals surface area contributed by atoms with Crippen LogP contribution in [0.1, 0.15) is 336 Å². The average molecular weight is 1530 g/mol. The quantitative estimate of drug-likeness (QED) is 0.0169. The largest absolute Gasteiger partial charge is 0.472 e. The molecule has 0 fully saturated rings. The highest BCUT2D eigenvalue weighted by Crippen LogP contribution is 2.45. The lowest BCUT2D eigenvalue weighted by Crippen LogP contribution is -2.30. The molecule has 0 spiro atoms. The second-order valence-corrected chi connectivity index (χ2v) is 30.2. The van der Waals surface area contributed by atoms with Crippen LogP contribution in [0.15, 0.2) is 134 Å². The summed E-state index contributed by atoms with van der Waals surface area (Å²) in [7, 11) is -9.98. The van der Waals surface area contributed by atoms with Crippen LogP contribution in [0.2, 0.25) is 0 Å². The van der Waals surface area contributed by atoms with Crippen molar-refractivity contribution >= 4 is 39.5 Å². The molecule has 19 heteroatoms. The Morgan fingerprint density at radius 3 is 0.783 bits per heavy atom. The third-order valence-electron chi connectivity index (χ3n) is 17.1. The molecule has 608 valence electrons. The van der Waals surface area contributed by atoms with Crippen molar-refractivity contribution in [3.05, 3.63) is 134 Å². The first-order chi connectivity index (χ1) is 51.7. The Labute approximate surface area is 644 Å². The highest BCUT2D eigenvalue weighted by Gasteiger charge is 2.30. The van der Waals surface area contributed by atoms with Crippen LogP contribution in [0.5, 0.6) is 0 Å². The predicted octanol–water partition coefficient (Wildman–Crippen LogP) is 24.4. The number of hydrogen-bond donors (Lipinski definition) is 3. The molecule has 0 aliphatic rings. The van der Waals surface area contributed by atoms with Crippen LogP contribution in [-0.2, 0) is 65.4 Å². The lowest BCUT2D eigenvalue weighted by molar-refractivity contribution is -0.161. The number of unbranched alkanes of at least 4 members (excludes halogenated alkanes) is 29. The summed E-state index contributed by atoms with van der Waals surface area (Å²) < 4.78 is 68.7. The second kappa shape index (κ2) is 78.3. The fraction of sp³-hybridized carbons (Fsp3) is 0.701. The normalized spacial score (nSPS) is 14.5. The molecule has 0 heterocycles. The first-order valence-corrected chi connectivity index (χ1v) is 44.4. The average Bonchev–Trinajstić information content (AvgIpc) is 0.901. The van der Waals surface area contributed by atoms with E-state index in [1.54, 1.807) is 0 Å². The number of phosphoric acid groups is 2. The zero-order valence-corrected chi connectivity index (χ0v) is 68.4. The molecule has 17 nitrogen and oxygen atoms in total. The van der Waals surface area contributed by atoms with Gasteiger partial charge in [-0.2, -0.15) is 0 Å². The first kappa shape index (κ1) is 101. The molecule has 0 aliphatic carbocycles. The van der Waals surface area contributed by atoms with Gasteiger partial charge in [0.2, 0.25) is 0 Å². The number of rotatable bonds is 77. The van der Waals surface area contributed by atoms with Crippen LogP contribution in [0.4, 0.5) is 0 Å². The number of phosphoric ester groups is 2. The minimum Gasteiger partial charge on any atom is -0.462 e. The van der Waals surface area contributed by atoms with Gasteiger partial charge in [-0.1, -0.05) is 283 Å². The number of aliphatic hydroxyl groups is 1. The number of esters is 4. The minimum absolute atomic E-state index is 0.0746. The van der Waals surface area contributed by atoms with Crippen LogP contribution in [0, 0.1) is 0 Å². The molecule has 5 atom stereocenters. The summed E-state index contributed by atoms with van der Waals surface area (Å²) in [5.74, 6) is -2.24. The zero-order valence-electron chi connectivity index (χ0n) is 66.6. The van der Waals surface area contributed by atoms with E-state index in [9.17, 15) is 43.2 Å². The number of carbonyl (C=O) groups is 4. The van der Waals surface area contributed by atoms with Crippen molar-refractivity contribution in [2.24, 2.45) is 0 Å². The molecule has 0 amide bonds. The van der Waals surface area contributed by atoms with Crippen molar-refractivity contribution in [1.82, 2.24) is 0 Å². The van der Waals surface area contributed by atoms with E-state index in [1.807, 2.05) is 0 Å². The molecular formula is C87H148O17P2. The maximum atomic E-state index is 13.1. The molecule has 3 N–H and O–H groups in total. The molecular weight excluding hydrogens is 1380 g/mol. The molecule has 106 heavy (non-hydrogen) atoms. The molecule has 0 saturated carbocycles. The summed E-state index contributed by atoms with van der Waals surface area (Å²) in [5.41, 5.74) is 0. The monoisotopic (exact) mass is 1530 g/mol. The van der Waals surface area contributed by atoms with E-state index < -0.39 is 97.5 Å². The van der Waals surface area contributed by atoms with E-state index in [1.165, 1.54) is 64.2 Å². The summed E-state index contributed by atoms with van der Waals surface area (Å²) >= 11 is 0. The van der Waals surface area contributed by atoms with Crippen LogP contribution in [0.25, 0.3) is 0 Å². The molecule has 0 saturated heterocycles. The minimum atomic E-state index is -4.99. The van der Waals surface area contributed by atoms with E-state index in [0.29, 0.717) is 25.7 Å². The second-order valence-electron chi connectivity index (χ2n) is 27.3. The van der Waals surface area contributed by atoms with Gasteiger partial charge in [-0.05, 0) is 161 Å². The molecule has 0 radical (unpaired) electrons. The van der Waals surface area contributed by atoms with Crippen molar-refractivity contribution in [3.8, 4) is 0 Å². The Bertz CT molecular complexity index is 2530. The van der Waals surface area contributed by atoms with Gasteiger partial charge in [0, 0.05) is 25.7 Å². The van der Waals surface area contributed by atoms with Crippen LogP contribution < -0.4 is 0 Å². The lowest BCUT2D eigenvalue weighted by Gasteiger charge is -2.21. The molecule has 0 aliphatic heterocycles. The van der Waals surface area contributed by atoms with Gasteiger partial charge in [-0.3, -0.25) is 37.3 Å². The summed E-state index contributed by atoms with van der Waals surface area (Å²) in [5, 5.41) is 10.7. The van der Waals surface area contributed by atoms with Gasteiger partial charge in [0.05, 0.1) is 26.4 Å². The van der Waals surface area contributed by atoms with Crippen molar-refractivity contribution < 1.29 is 80.2 Å². The Hall–Kier alpha value is -4.80. The number of ether oxygens (including phenoxy) is 4. The number of hydrogen-bond acceptors (Lipinski definition) is 15. The summed E-state index contributed by atoms with van der Waals surface area (Å²) in [6.45, 7) is 4.58. The Morgan fingerprint density at radius 1 is 0.274 bits per heavy atom. The van der Waals surface area contributed by atoms with E-state index in [2.05, 4.69) is 161 Å². The van der Waals surface area contributed by atoms with Gasteiger partial charge in [0.25, 0.3) is 0 Å². The topological polar surface area (TPSA) is 237 Å². The van der Waals surface area contributed by atoms with Gasteiger partial charge in [-0.15, -0.1) is 0 Å². The summed E-state index contributed by atoms with van der Waals surface area (Å²) in [6, 6.07) is 0. The van der Waals surface area contributed by atoms with Crippen LogP contribution >= 0.6 is 15.6 Å². The standard InChI is InChI=1S/C87H148O17P2/c1-5-9-13-17-21-25-29-33-36-38-40-42-45-48-51-55-59-63-67-71-84(89)97-77-82(103-86(91)73-69-65-61-57-53-47-32-28-24-20-16-12-8-4)79-101-105(93,94)99-75-81(88)76-100-106(95,96)102-80-83(104-87(92)74-70-66-62-58-54-50-44-35-31-27-23-19-15-11-7-3)78-98-85(90)72-68-64-60-56-52-49-46-43-41-39-37-34-30-26-22-18-14-10-6-2/h9-10,13-14,21-22,25-26,28,32-37,40-44,48,51,81-83,88H,5-8,11-12,15-20,23-24,27,29-31,38-39,45-47,49-50,52-80H2,1-4H3,(H,93,94)(H,95,96)/b13-9-,14-10-,25-21-,26-22-,32-28-,36-33-,37-34-,42-40-,43-41-,44-35-,51-48-. The number of carbonyl (C=O) groups excluding carboxylic acids is 4.